The van der Waals surface area contributed by atoms with Crippen molar-refractivity contribution in [3.05, 3.63) is 60.2 Å². The standard InChI is InChI=1S/C20H18FN5O2/c21-14-10-23-26-16(8-9-22-18(14)26)24-11-20(12-24)19(27)25-15(6-7-17(25)28-20)13-4-2-1-3-5-13/h1-5,8-10,15,17H,6-7,11-12H2. The first-order valence-electron chi connectivity index (χ1n) is 9.45. The molecule has 1 aromatic carbocycles. The first-order chi connectivity index (χ1) is 13.7. The van der Waals surface area contributed by atoms with E-state index in [1.54, 1.807) is 12.3 Å². The van der Waals surface area contributed by atoms with Crippen LogP contribution in [-0.2, 0) is 9.53 Å². The van der Waals surface area contributed by atoms with Crippen molar-refractivity contribution < 1.29 is 13.9 Å². The molecule has 3 fully saturated rings. The average Bonchev–Trinajstić information content (AvgIpc) is 3.35. The molecule has 1 spiro atoms. The van der Waals surface area contributed by atoms with Crippen LogP contribution < -0.4 is 4.90 Å². The SMILES string of the molecule is O=C1N2C(CCC2c2ccccc2)OC12CN(c1ccnc3c(F)cnn13)C2. The summed E-state index contributed by atoms with van der Waals surface area (Å²) in [5.41, 5.74) is 0.513. The number of carbonyl (C=O) groups is 1. The number of nitrogens with zero attached hydrogens (tertiary/aromatic N) is 5. The first kappa shape index (κ1) is 16.0. The van der Waals surface area contributed by atoms with Gasteiger partial charge in [0.05, 0.1) is 25.3 Å². The van der Waals surface area contributed by atoms with Gasteiger partial charge in [-0.1, -0.05) is 30.3 Å². The lowest BCUT2D eigenvalue weighted by Crippen LogP contribution is -2.67. The van der Waals surface area contributed by atoms with Crippen LogP contribution in [0.4, 0.5) is 10.2 Å². The van der Waals surface area contributed by atoms with E-state index in [0.717, 1.165) is 24.6 Å². The molecule has 3 aromatic rings. The molecule has 8 heteroatoms. The molecule has 0 radical (unpaired) electrons. The minimum atomic E-state index is -0.820. The van der Waals surface area contributed by atoms with E-state index in [4.69, 9.17) is 4.74 Å². The number of hydrogen-bond acceptors (Lipinski definition) is 5. The fraction of sp³-hybridized carbons (Fsp3) is 0.350. The van der Waals surface area contributed by atoms with E-state index in [0.29, 0.717) is 18.9 Å². The summed E-state index contributed by atoms with van der Waals surface area (Å²) < 4.78 is 21.5. The van der Waals surface area contributed by atoms with Crippen LogP contribution in [-0.4, -0.2) is 50.3 Å². The van der Waals surface area contributed by atoms with Gasteiger partial charge in [-0.25, -0.2) is 9.37 Å². The van der Waals surface area contributed by atoms with E-state index in [1.165, 1.54) is 4.52 Å². The smallest absolute Gasteiger partial charge is 0.261 e. The maximum Gasteiger partial charge on any atom is 0.261 e. The zero-order valence-electron chi connectivity index (χ0n) is 15.0. The third-order valence-corrected chi connectivity index (χ3v) is 6.06. The lowest BCUT2D eigenvalue weighted by Gasteiger charge is -2.46. The van der Waals surface area contributed by atoms with Gasteiger partial charge in [-0.2, -0.15) is 9.61 Å². The van der Waals surface area contributed by atoms with Crippen LogP contribution in [0.5, 0.6) is 0 Å². The van der Waals surface area contributed by atoms with Gasteiger partial charge in [0.15, 0.2) is 17.1 Å². The van der Waals surface area contributed by atoms with Gasteiger partial charge in [-0.3, -0.25) is 4.79 Å². The number of benzene rings is 1. The van der Waals surface area contributed by atoms with Crippen LogP contribution in [0.3, 0.4) is 0 Å². The van der Waals surface area contributed by atoms with Crippen LogP contribution in [0.15, 0.2) is 48.8 Å². The van der Waals surface area contributed by atoms with Crippen molar-refractivity contribution in [1.82, 2.24) is 19.5 Å². The van der Waals surface area contributed by atoms with Crippen LogP contribution >= 0.6 is 0 Å². The molecule has 6 rings (SSSR count). The van der Waals surface area contributed by atoms with Crippen LogP contribution in [0.2, 0.25) is 0 Å². The van der Waals surface area contributed by atoms with E-state index in [1.807, 2.05) is 28.0 Å². The first-order valence-corrected chi connectivity index (χ1v) is 9.45. The molecule has 2 atom stereocenters. The summed E-state index contributed by atoms with van der Waals surface area (Å²) in [7, 11) is 0. The summed E-state index contributed by atoms with van der Waals surface area (Å²) in [6.07, 6.45) is 4.30. The number of hydrogen-bond donors (Lipinski definition) is 0. The minimum absolute atomic E-state index is 0.0528. The van der Waals surface area contributed by atoms with Gasteiger partial charge < -0.3 is 14.5 Å². The van der Waals surface area contributed by atoms with Crippen molar-refractivity contribution in [1.29, 1.82) is 0 Å². The minimum Gasteiger partial charge on any atom is -0.349 e. The fourth-order valence-corrected chi connectivity index (χ4v) is 4.75. The largest absolute Gasteiger partial charge is 0.349 e. The molecule has 28 heavy (non-hydrogen) atoms. The van der Waals surface area contributed by atoms with Gasteiger partial charge in [0.2, 0.25) is 0 Å². The highest BCUT2D eigenvalue weighted by molar-refractivity contribution is 5.91. The Morgan fingerprint density at radius 1 is 1.14 bits per heavy atom. The van der Waals surface area contributed by atoms with Crippen molar-refractivity contribution in [2.45, 2.75) is 30.7 Å². The van der Waals surface area contributed by atoms with E-state index < -0.39 is 11.4 Å². The lowest BCUT2D eigenvalue weighted by atomic mass is 9.92. The number of halogens is 1. The number of carbonyl (C=O) groups excluding carboxylic acids is 1. The number of rotatable bonds is 2. The van der Waals surface area contributed by atoms with Crippen molar-refractivity contribution >= 4 is 17.4 Å². The topological polar surface area (TPSA) is 63.0 Å². The zero-order chi connectivity index (χ0) is 18.9. The maximum atomic E-state index is 13.8. The molecule has 5 heterocycles. The maximum absolute atomic E-state index is 13.8. The predicted molar refractivity (Wildman–Crippen MR) is 98.0 cm³/mol. The molecule has 142 valence electrons. The molecular formula is C20H18FN5O2. The molecule has 3 saturated heterocycles. The number of fused-ring (bicyclic) bond motifs is 2. The second-order valence-electron chi connectivity index (χ2n) is 7.67. The highest BCUT2D eigenvalue weighted by Crippen LogP contribution is 2.47. The second-order valence-corrected chi connectivity index (χ2v) is 7.67. The summed E-state index contributed by atoms with van der Waals surface area (Å²) >= 11 is 0. The summed E-state index contributed by atoms with van der Waals surface area (Å²) in [5.74, 6) is 0.302. The highest BCUT2D eigenvalue weighted by atomic mass is 19.1. The number of aromatic nitrogens is 3. The van der Waals surface area contributed by atoms with E-state index >= 15 is 0 Å². The summed E-state index contributed by atoms with van der Waals surface area (Å²) in [6.45, 7) is 0.863. The number of amides is 1. The molecule has 0 N–H and O–H groups in total. The Hall–Kier alpha value is -3.00. The van der Waals surface area contributed by atoms with Crippen molar-refractivity contribution in [2.24, 2.45) is 0 Å². The molecule has 7 nitrogen and oxygen atoms in total. The molecule has 1 amide bonds. The average molecular weight is 379 g/mol. The molecule has 2 aromatic heterocycles. The quantitative estimate of drug-likeness (QED) is 0.683. The highest BCUT2D eigenvalue weighted by Gasteiger charge is 2.63. The van der Waals surface area contributed by atoms with Gasteiger partial charge in [-0.15, -0.1) is 0 Å². The Bertz CT molecular complexity index is 1080. The predicted octanol–water partition coefficient (Wildman–Crippen LogP) is 2.15. The Labute approximate surface area is 160 Å². The van der Waals surface area contributed by atoms with Crippen molar-refractivity contribution in [3.8, 4) is 0 Å². The normalized spacial score (nSPS) is 25.5. The van der Waals surface area contributed by atoms with Gasteiger partial charge >= 0.3 is 0 Å². The van der Waals surface area contributed by atoms with Gasteiger partial charge in [0.25, 0.3) is 5.91 Å². The Morgan fingerprint density at radius 2 is 1.96 bits per heavy atom. The van der Waals surface area contributed by atoms with Crippen LogP contribution in [0.1, 0.15) is 24.4 Å². The third kappa shape index (κ3) is 2.03. The van der Waals surface area contributed by atoms with Gasteiger partial charge in [-0.05, 0) is 24.5 Å². The van der Waals surface area contributed by atoms with E-state index in [-0.39, 0.29) is 23.8 Å². The molecule has 3 aliphatic heterocycles. The Balaban J connectivity index is 1.27. The van der Waals surface area contributed by atoms with Gasteiger partial charge in [0, 0.05) is 6.20 Å². The number of anilines is 1. The summed E-state index contributed by atoms with van der Waals surface area (Å²) in [6, 6.07) is 12.0. The molecule has 0 saturated carbocycles. The zero-order valence-corrected chi connectivity index (χ0v) is 15.0. The van der Waals surface area contributed by atoms with Crippen LogP contribution in [0, 0.1) is 5.82 Å². The van der Waals surface area contributed by atoms with E-state index in [2.05, 4.69) is 22.2 Å². The second kappa shape index (κ2) is 5.51. The molecular weight excluding hydrogens is 361 g/mol. The fourth-order valence-electron chi connectivity index (χ4n) is 4.75. The Kier molecular flexibility index (Phi) is 3.15. The monoisotopic (exact) mass is 379 g/mol. The van der Waals surface area contributed by atoms with Crippen molar-refractivity contribution in [2.75, 3.05) is 18.0 Å². The third-order valence-electron chi connectivity index (χ3n) is 6.06. The van der Waals surface area contributed by atoms with Crippen LogP contribution in [0.25, 0.3) is 5.65 Å². The van der Waals surface area contributed by atoms with Gasteiger partial charge in [0.1, 0.15) is 12.0 Å². The molecule has 2 unspecified atom stereocenters. The molecule has 0 aliphatic carbocycles. The molecule has 3 aliphatic rings. The van der Waals surface area contributed by atoms with Crippen molar-refractivity contribution in [3.63, 3.8) is 0 Å². The van der Waals surface area contributed by atoms with E-state index in [9.17, 15) is 9.18 Å². The Morgan fingerprint density at radius 3 is 2.79 bits per heavy atom. The molecule has 0 bridgehead atoms. The summed E-state index contributed by atoms with van der Waals surface area (Å²) in [4.78, 5) is 21.2. The summed E-state index contributed by atoms with van der Waals surface area (Å²) in [5, 5.41) is 4.07. The number of ether oxygens (including phenoxy) is 1. The lowest BCUT2D eigenvalue weighted by molar-refractivity contribution is -0.140.